The summed E-state index contributed by atoms with van der Waals surface area (Å²) in [6, 6.07) is 10.9. The second-order valence-corrected chi connectivity index (χ2v) is 8.65. The Bertz CT molecular complexity index is 1280. The van der Waals surface area contributed by atoms with Crippen LogP contribution < -0.4 is 10.1 Å². The van der Waals surface area contributed by atoms with Crippen LogP contribution >= 0.6 is 11.6 Å². The predicted octanol–water partition coefficient (Wildman–Crippen LogP) is 4.48. The van der Waals surface area contributed by atoms with Crippen molar-refractivity contribution in [3.63, 3.8) is 0 Å². The fourth-order valence-corrected chi connectivity index (χ4v) is 3.84. The highest BCUT2D eigenvalue weighted by Crippen LogP contribution is 2.36. The zero-order chi connectivity index (χ0) is 28.6. The fourth-order valence-electron chi connectivity index (χ4n) is 3.57. The minimum Gasteiger partial charge on any atom is -0.492 e. The van der Waals surface area contributed by atoms with Crippen molar-refractivity contribution >= 4 is 29.2 Å². The lowest BCUT2D eigenvalue weighted by atomic mass is 10.1. The van der Waals surface area contributed by atoms with Gasteiger partial charge in [-0.3, -0.25) is 14.4 Å². The van der Waals surface area contributed by atoms with Gasteiger partial charge in [0.1, 0.15) is 18.2 Å². The summed E-state index contributed by atoms with van der Waals surface area (Å²) < 4.78 is 58.3. The van der Waals surface area contributed by atoms with Crippen LogP contribution in [0.1, 0.15) is 10.4 Å². The number of nitrogens with one attached hydrogen (secondary N) is 1. The van der Waals surface area contributed by atoms with Crippen LogP contribution in [-0.4, -0.2) is 77.3 Å². The Morgan fingerprint density at radius 2 is 1.87 bits per heavy atom. The minimum absolute atomic E-state index is 0.232. The van der Waals surface area contributed by atoms with Crippen LogP contribution in [0.25, 0.3) is 11.3 Å². The number of anilines is 1. The van der Waals surface area contributed by atoms with Gasteiger partial charge >= 0.3 is 12.1 Å². The van der Waals surface area contributed by atoms with Crippen molar-refractivity contribution in [3.8, 4) is 17.0 Å². The van der Waals surface area contributed by atoms with Gasteiger partial charge in [0.2, 0.25) is 0 Å². The number of aliphatic carboxylic acids is 1. The molecule has 39 heavy (non-hydrogen) atoms. The minimum atomic E-state index is -5.08. The summed E-state index contributed by atoms with van der Waals surface area (Å²) in [7, 11) is 1.79. The SMILES string of the molecule is Cn1ncc(Cl)c1-c1cc(NC(=O)c2cccc(F)c2)ccc1OCCN1CCOCC1.O=C(O)C(F)(F)F. The monoisotopic (exact) mass is 572 g/mol. The third-order valence-electron chi connectivity index (χ3n) is 5.48. The van der Waals surface area contributed by atoms with Gasteiger partial charge in [0.05, 0.1) is 30.1 Å². The molecule has 14 heteroatoms. The van der Waals surface area contributed by atoms with E-state index in [1.807, 2.05) is 0 Å². The van der Waals surface area contributed by atoms with E-state index >= 15 is 0 Å². The standard InChI is InChI=1S/C23H24ClFN4O3.C2HF3O2/c1-28-22(20(24)15-26-28)19-14-18(27-23(30)16-3-2-4-17(25)13-16)5-6-21(19)32-12-9-29-7-10-31-11-8-29;3-2(4,5)1(6)7/h2-6,13-15H,7-12H2,1H3,(H,27,30);(H,6,7). The molecule has 3 aromatic rings. The molecule has 2 aromatic carbocycles. The summed E-state index contributed by atoms with van der Waals surface area (Å²) in [6.07, 6.45) is -3.52. The Kier molecular flexibility index (Phi) is 10.3. The molecule has 0 bridgehead atoms. The van der Waals surface area contributed by atoms with E-state index in [1.54, 1.807) is 42.2 Å². The summed E-state index contributed by atoms with van der Waals surface area (Å²) in [5.41, 5.74) is 2.15. The highest BCUT2D eigenvalue weighted by atomic mass is 35.5. The number of carboxylic acids is 1. The molecule has 1 saturated heterocycles. The van der Waals surface area contributed by atoms with Gasteiger partial charge in [-0.15, -0.1) is 0 Å². The number of aromatic nitrogens is 2. The van der Waals surface area contributed by atoms with Crippen LogP contribution in [-0.2, 0) is 16.6 Å². The van der Waals surface area contributed by atoms with E-state index in [9.17, 15) is 22.4 Å². The molecule has 9 nitrogen and oxygen atoms in total. The molecule has 1 aliphatic rings. The number of nitrogens with zero attached hydrogens (tertiary/aromatic N) is 3. The summed E-state index contributed by atoms with van der Waals surface area (Å²) in [5, 5.41) is 14.6. The van der Waals surface area contributed by atoms with Gasteiger partial charge in [-0.25, -0.2) is 9.18 Å². The number of carbonyl (C=O) groups excluding carboxylic acids is 1. The van der Waals surface area contributed by atoms with Crippen molar-refractivity contribution in [3.05, 3.63) is 65.1 Å². The van der Waals surface area contributed by atoms with Gasteiger partial charge in [0.25, 0.3) is 5.91 Å². The molecule has 0 spiro atoms. The number of amides is 1. The molecule has 0 aliphatic carbocycles. The van der Waals surface area contributed by atoms with E-state index in [2.05, 4.69) is 15.3 Å². The summed E-state index contributed by atoms with van der Waals surface area (Å²) in [4.78, 5) is 23.7. The lowest BCUT2D eigenvalue weighted by Crippen LogP contribution is -2.38. The number of carbonyl (C=O) groups is 2. The smallest absolute Gasteiger partial charge is 0.490 e. The molecule has 2 heterocycles. The summed E-state index contributed by atoms with van der Waals surface area (Å²) >= 11 is 6.39. The fraction of sp³-hybridized carbons (Fsp3) is 0.320. The van der Waals surface area contributed by atoms with Crippen molar-refractivity contribution < 1.29 is 41.7 Å². The summed E-state index contributed by atoms with van der Waals surface area (Å²) in [5.74, 6) is -3.00. The van der Waals surface area contributed by atoms with Gasteiger partial charge in [-0.05, 0) is 36.4 Å². The normalized spacial score (nSPS) is 13.8. The first-order valence-corrected chi connectivity index (χ1v) is 12.0. The molecule has 210 valence electrons. The van der Waals surface area contributed by atoms with Crippen molar-refractivity contribution in [2.75, 3.05) is 44.8 Å². The van der Waals surface area contributed by atoms with Crippen molar-refractivity contribution in [1.29, 1.82) is 0 Å². The van der Waals surface area contributed by atoms with Gasteiger partial charge in [-0.2, -0.15) is 18.3 Å². The highest BCUT2D eigenvalue weighted by molar-refractivity contribution is 6.33. The van der Waals surface area contributed by atoms with Crippen LogP contribution in [0.15, 0.2) is 48.7 Å². The molecule has 1 aromatic heterocycles. The quantitative estimate of drug-likeness (QED) is 0.402. The molecule has 0 atom stereocenters. The molecular weight excluding hydrogens is 548 g/mol. The van der Waals surface area contributed by atoms with Crippen LogP contribution in [0.4, 0.5) is 23.2 Å². The molecule has 1 amide bonds. The number of hydrogen-bond acceptors (Lipinski definition) is 6. The van der Waals surface area contributed by atoms with Crippen LogP contribution in [0.2, 0.25) is 5.02 Å². The van der Waals surface area contributed by atoms with Crippen molar-refractivity contribution in [1.82, 2.24) is 14.7 Å². The largest absolute Gasteiger partial charge is 0.492 e. The van der Waals surface area contributed by atoms with E-state index in [4.69, 9.17) is 31.0 Å². The number of aryl methyl sites for hydroxylation is 1. The first-order valence-electron chi connectivity index (χ1n) is 11.6. The number of benzene rings is 2. The third kappa shape index (κ3) is 8.67. The van der Waals surface area contributed by atoms with Gasteiger partial charge in [-0.1, -0.05) is 17.7 Å². The van der Waals surface area contributed by atoms with E-state index in [0.717, 1.165) is 32.8 Å². The molecule has 1 fully saturated rings. The first kappa shape index (κ1) is 29.9. The summed E-state index contributed by atoms with van der Waals surface area (Å²) in [6.45, 7) is 4.51. The lowest BCUT2D eigenvalue weighted by molar-refractivity contribution is -0.192. The predicted molar refractivity (Wildman–Crippen MR) is 134 cm³/mol. The van der Waals surface area contributed by atoms with Crippen LogP contribution in [0.5, 0.6) is 5.75 Å². The number of carboxylic acid groups (broad SMARTS) is 1. The molecule has 2 N–H and O–H groups in total. The molecule has 0 radical (unpaired) electrons. The molecule has 0 unspecified atom stereocenters. The van der Waals surface area contributed by atoms with Crippen LogP contribution in [0, 0.1) is 5.82 Å². The average Bonchev–Trinajstić information content (AvgIpc) is 3.22. The Balaban J connectivity index is 0.000000532. The zero-order valence-corrected chi connectivity index (χ0v) is 21.4. The third-order valence-corrected chi connectivity index (χ3v) is 5.76. The van der Waals surface area contributed by atoms with Crippen LogP contribution in [0.3, 0.4) is 0 Å². The maximum Gasteiger partial charge on any atom is 0.490 e. The topological polar surface area (TPSA) is 106 Å². The number of rotatable bonds is 7. The van der Waals surface area contributed by atoms with E-state index in [0.29, 0.717) is 34.3 Å². The van der Waals surface area contributed by atoms with Crippen molar-refractivity contribution in [2.24, 2.45) is 7.05 Å². The molecule has 4 rings (SSSR count). The Hall–Kier alpha value is -3.68. The Morgan fingerprint density at radius 1 is 1.18 bits per heavy atom. The Morgan fingerprint density at radius 3 is 2.46 bits per heavy atom. The highest BCUT2D eigenvalue weighted by Gasteiger charge is 2.38. The van der Waals surface area contributed by atoms with Gasteiger partial charge < -0.3 is 19.9 Å². The first-order chi connectivity index (χ1) is 18.5. The molecule has 1 aliphatic heterocycles. The van der Waals surface area contributed by atoms with E-state index < -0.39 is 23.9 Å². The number of morpholine rings is 1. The Labute approximate surface area is 225 Å². The number of ether oxygens (including phenoxy) is 2. The maximum absolute atomic E-state index is 13.5. The van der Waals surface area contributed by atoms with E-state index in [-0.39, 0.29) is 5.56 Å². The van der Waals surface area contributed by atoms with Crippen molar-refractivity contribution in [2.45, 2.75) is 6.18 Å². The number of halogens is 5. The van der Waals surface area contributed by atoms with Gasteiger partial charge in [0.15, 0.2) is 0 Å². The molecule has 0 saturated carbocycles. The second-order valence-electron chi connectivity index (χ2n) is 8.25. The lowest BCUT2D eigenvalue weighted by Gasteiger charge is -2.26. The van der Waals surface area contributed by atoms with Gasteiger partial charge in [0, 0.05) is 43.5 Å². The van der Waals surface area contributed by atoms with E-state index in [1.165, 1.54) is 18.2 Å². The number of alkyl halides is 3. The zero-order valence-electron chi connectivity index (χ0n) is 20.7. The number of hydrogen-bond donors (Lipinski definition) is 2. The average molecular weight is 573 g/mol. The molecular formula is C25H25ClF4N4O5. The maximum atomic E-state index is 13.5. The second kappa shape index (κ2) is 13.4.